The molecule has 2 aliphatic rings. The third kappa shape index (κ3) is 5.11. The van der Waals surface area contributed by atoms with Gasteiger partial charge in [-0.05, 0) is 75.9 Å². The van der Waals surface area contributed by atoms with Crippen molar-refractivity contribution in [2.45, 2.75) is 68.2 Å². The lowest BCUT2D eigenvalue weighted by Crippen LogP contribution is -2.55. The van der Waals surface area contributed by atoms with Crippen LogP contribution in [-0.2, 0) is 14.6 Å². The van der Waals surface area contributed by atoms with Gasteiger partial charge in [-0.2, -0.15) is 0 Å². The SMILES string of the molecule is CC(C)(Oc1ccc(F)c(Cl)c1)C(=O)N[C@H]1C[C@H]2CC[C@@H](C1)N2c1ccc(S(C)(=O)=O)cc1. The van der Waals surface area contributed by atoms with E-state index in [-0.39, 0.29) is 29.1 Å². The van der Waals surface area contributed by atoms with Crippen LogP contribution in [0.25, 0.3) is 0 Å². The Bertz CT molecular complexity index is 1140. The van der Waals surface area contributed by atoms with E-state index < -0.39 is 21.3 Å². The molecule has 9 heteroatoms. The molecule has 3 atom stereocenters. The van der Waals surface area contributed by atoms with E-state index in [0.717, 1.165) is 31.4 Å². The van der Waals surface area contributed by atoms with Gasteiger partial charge in [-0.3, -0.25) is 4.79 Å². The minimum atomic E-state index is -3.23. The molecule has 0 unspecified atom stereocenters. The molecule has 2 saturated heterocycles. The number of nitrogens with zero attached hydrogens (tertiary/aromatic N) is 1. The Morgan fingerprint density at radius 2 is 1.73 bits per heavy atom. The molecule has 2 aromatic rings. The Labute approximate surface area is 199 Å². The lowest BCUT2D eigenvalue weighted by molar-refractivity contribution is -0.135. The molecule has 4 rings (SSSR count). The molecular formula is C24H28ClFN2O4S. The summed E-state index contributed by atoms with van der Waals surface area (Å²) < 4.78 is 42.7. The summed E-state index contributed by atoms with van der Waals surface area (Å²) in [5, 5.41) is 3.07. The normalized spacial score (nSPS) is 22.8. The molecule has 0 spiro atoms. The van der Waals surface area contributed by atoms with Gasteiger partial charge in [0.25, 0.3) is 5.91 Å². The van der Waals surface area contributed by atoms with E-state index in [4.69, 9.17) is 16.3 Å². The molecule has 2 heterocycles. The van der Waals surface area contributed by atoms with E-state index in [0.29, 0.717) is 10.6 Å². The molecule has 2 fully saturated rings. The minimum absolute atomic E-state index is 0.0150. The van der Waals surface area contributed by atoms with E-state index in [2.05, 4.69) is 10.2 Å². The van der Waals surface area contributed by atoms with Crippen molar-refractivity contribution in [3.63, 3.8) is 0 Å². The third-order valence-corrected chi connectivity index (χ3v) is 7.86. The van der Waals surface area contributed by atoms with Gasteiger partial charge in [-0.1, -0.05) is 11.6 Å². The minimum Gasteiger partial charge on any atom is -0.478 e. The van der Waals surface area contributed by atoms with E-state index in [1.165, 1.54) is 24.5 Å². The summed E-state index contributed by atoms with van der Waals surface area (Å²) in [5.74, 6) is -0.452. The standard InChI is InChI=1S/C24H28ClFN2O4S/c1-24(2,32-19-8-11-22(26)21(25)14-19)23(29)27-15-12-17-4-5-18(13-15)28(17)16-6-9-20(10-7-16)33(3,30)31/h6-11,14-15,17-18H,4-5,12-13H2,1-3H3,(H,27,29)/t15-,17+,18-. The molecule has 1 amide bonds. The zero-order valence-electron chi connectivity index (χ0n) is 18.8. The Balaban J connectivity index is 1.40. The fourth-order valence-electron chi connectivity index (χ4n) is 4.82. The van der Waals surface area contributed by atoms with Crippen molar-refractivity contribution >= 4 is 33.0 Å². The van der Waals surface area contributed by atoms with Gasteiger partial charge in [0.15, 0.2) is 15.4 Å². The average molecular weight is 495 g/mol. The van der Waals surface area contributed by atoms with Crippen molar-refractivity contribution in [1.82, 2.24) is 5.32 Å². The monoisotopic (exact) mass is 494 g/mol. The van der Waals surface area contributed by atoms with Crippen molar-refractivity contribution in [2.24, 2.45) is 0 Å². The molecule has 2 aromatic carbocycles. The van der Waals surface area contributed by atoms with Crippen LogP contribution in [-0.4, -0.2) is 44.3 Å². The van der Waals surface area contributed by atoms with Gasteiger partial charge in [0.05, 0.1) is 9.92 Å². The highest BCUT2D eigenvalue weighted by Gasteiger charge is 2.42. The van der Waals surface area contributed by atoms with Crippen molar-refractivity contribution in [2.75, 3.05) is 11.2 Å². The van der Waals surface area contributed by atoms with Crippen LogP contribution in [0.1, 0.15) is 39.5 Å². The summed E-state index contributed by atoms with van der Waals surface area (Å²) in [7, 11) is -3.23. The van der Waals surface area contributed by atoms with E-state index in [9.17, 15) is 17.6 Å². The van der Waals surface area contributed by atoms with E-state index in [1.807, 2.05) is 12.1 Å². The second-order valence-electron chi connectivity index (χ2n) is 9.39. The first-order chi connectivity index (χ1) is 15.4. The van der Waals surface area contributed by atoms with Gasteiger partial charge in [-0.15, -0.1) is 0 Å². The number of amides is 1. The smallest absolute Gasteiger partial charge is 0.263 e. The Kier molecular flexibility index (Phi) is 6.35. The first-order valence-corrected chi connectivity index (χ1v) is 13.2. The lowest BCUT2D eigenvalue weighted by Gasteiger charge is -2.41. The summed E-state index contributed by atoms with van der Waals surface area (Å²) in [5.41, 5.74) is -0.143. The first-order valence-electron chi connectivity index (χ1n) is 11.0. The molecule has 178 valence electrons. The van der Waals surface area contributed by atoms with Gasteiger partial charge in [-0.25, -0.2) is 12.8 Å². The maximum Gasteiger partial charge on any atom is 0.263 e. The lowest BCUT2D eigenvalue weighted by atomic mass is 9.95. The van der Waals surface area contributed by atoms with Crippen LogP contribution >= 0.6 is 11.6 Å². The number of fused-ring (bicyclic) bond motifs is 2. The third-order valence-electron chi connectivity index (χ3n) is 6.44. The number of benzene rings is 2. The highest BCUT2D eigenvalue weighted by molar-refractivity contribution is 7.90. The number of halogens is 2. The number of carbonyl (C=O) groups is 1. The number of sulfone groups is 1. The number of carbonyl (C=O) groups excluding carboxylic acids is 1. The van der Waals surface area contributed by atoms with Crippen LogP contribution in [0.3, 0.4) is 0 Å². The number of nitrogens with one attached hydrogen (secondary N) is 1. The van der Waals surface area contributed by atoms with Crippen LogP contribution in [0.5, 0.6) is 5.75 Å². The summed E-state index contributed by atoms with van der Waals surface area (Å²) in [6.07, 6.45) is 4.86. The first kappa shape index (κ1) is 23.8. The Morgan fingerprint density at radius 1 is 1.12 bits per heavy atom. The highest BCUT2D eigenvalue weighted by atomic mass is 35.5. The van der Waals surface area contributed by atoms with Gasteiger partial charge < -0.3 is 15.0 Å². The molecular weight excluding hydrogens is 467 g/mol. The quantitative estimate of drug-likeness (QED) is 0.646. The Hall–Kier alpha value is -2.32. The molecule has 6 nitrogen and oxygen atoms in total. The summed E-state index contributed by atoms with van der Waals surface area (Å²) >= 11 is 5.82. The van der Waals surface area contributed by atoms with Crippen molar-refractivity contribution in [3.05, 3.63) is 53.3 Å². The highest BCUT2D eigenvalue weighted by Crippen LogP contribution is 2.39. The fraction of sp³-hybridized carbons (Fsp3) is 0.458. The zero-order valence-corrected chi connectivity index (χ0v) is 20.4. The van der Waals surface area contributed by atoms with Crippen molar-refractivity contribution in [1.29, 1.82) is 0 Å². The maximum absolute atomic E-state index is 13.4. The number of rotatable bonds is 6. The van der Waals surface area contributed by atoms with Crippen LogP contribution in [0.15, 0.2) is 47.4 Å². The molecule has 33 heavy (non-hydrogen) atoms. The number of ether oxygens (including phenoxy) is 1. The van der Waals surface area contributed by atoms with Crippen LogP contribution in [0.4, 0.5) is 10.1 Å². The van der Waals surface area contributed by atoms with E-state index in [1.54, 1.807) is 26.0 Å². The molecule has 0 aromatic heterocycles. The van der Waals surface area contributed by atoms with Crippen molar-refractivity contribution < 1.29 is 22.3 Å². The van der Waals surface area contributed by atoms with Gasteiger partial charge >= 0.3 is 0 Å². The van der Waals surface area contributed by atoms with E-state index >= 15 is 0 Å². The van der Waals surface area contributed by atoms with Crippen LogP contribution < -0.4 is 15.0 Å². The average Bonchev–Trinajstić information content (AvgIpc) is 3.00. The second-order valence-corrected chi connectivity index (χ2v) is 11.8. The van der Waals surface area contributed by atoms with Gasteiger partial charge in [0.1, 0.15) is 11.6 Å². The molecule has 2 bridgehead atoms. The number of piperidine rings is 1. The van der Waals surface area contributed by atoms with Gasteiger partial charge in [0.2, 0.25) is 0 Å². The molecule has 0 saturated carbocycles. The van der Waals surface area contributed by atoms with Crippen molar-refractivity contribution in [3.8, 4) is 5.75 Å². The van der Waals surface area contributed by atoms with Crippen LogP contribution in [0, 0.1) is 5.82 Å². The summed E-state index contributed by atoms with van der Waals surface area (Å²) in [4.78, 5) is 15.7. The zero-order chi connectivity index (χ0) is 24.0. The number of anilines is 1. The number of hydrogen-bond donors (Lipinski definition) is 1. The molecule has 0 radical (unpaired) electrons. The summed E-state index contributed by atoms with van der Waals surface area (Å²) in [6.45, 7) is 3.35. The fourth-order valence-corrected chi connectivity index (χ4v) is 5.62. The Morgan fingerprint density at radius 3 is 2.27 bits per heavy atom. The maximum atomic E-state index is 13.4. The predicted molar refractivity (Wildman–Crippen MR) is 126 cm³/mol. The van der Waals surface area contributed by atoms with Gasteiger partial charge in [0, 0.05) is 36.1 Å². The predicted octanol–water partition coefficient (Wildman–Crippen LogP) is 4.36. The largest absolute Gasteiger partial charge is 0.478 e. The number of hydrogen-bond acceptors (Lipinski definition) is 5. The topological polar surface area (TPSA) is 75.7 Å². The molecule has 2 aliphatic heterocycles. The molecule has 0 aliphatic carbocycles. The molecule has 1 N–H and O–H groups in total. The van der Waals surface area contributed by atoms with Crippen LogP contribution in [0.2, 0.25) is 5.02 Å². The summed E-state index contributed by atoms with van der Waals surface area (Å²) in [6, 6.07) is 11.6. The second kappa shape index (κ2) is 8.80.